The van der Waals surface area contributed by atoms with Crippen LogP contribution < -0.4 is 9.62 Å². The van der Waals surface area contributed by atoms with Crippen molar-refractivity contribution in [3.8, 4) is 0 Å². The summed E-state index contributed by atoms with van der Waals surface area (Å²) in [7, 11) is -3.83. The van der Waals surface area contributed by atoms with Gasteiger partial charge in [0.15, 0.2) is 0 Å². The largest absolute Gasteiger partial charge is 0.354 e. The second kappa shape index (κ2) is 13.1. The summed E-state index contributed by atoms with van der Waals surface area (Å²) in [5.41, 5.74) is 1.71. The number of amides is 2. The highest BCUT2D eigenvalue weighted by Crippen LogP contribution is 2.26. The van der Waals surface area contributed by atoms with Gasteiger partial charge in [-0.1, -0.05) is 67.7 Å². The first kappa shape index (κ1) is 28.9. The molecule has 0 unspecified atom stereocenters. The summed E-state index contributed by atoms with van der Waals surface area (Å²) in [6.07, 6.45) is 3.11. The highest BCUT2D eigenvalue weighted by Gasteiger charge is 2.32. The van der Waals surface area contributed by atoms with Crippen LogP contribution in [0.25, 0.3) is 0 Å². The number of hydrogen-bond donors (Lipinski definition) is 1. The Morgan fingerprint density at radius 3 is 2.31 bits per heavy atom. The van der Waals surface area contributed by atoms with Crippen molar-refractivity contribution in [2.45, 2.75) is 52.6 Å². The number of unbranched alkanes of at least 4 members (excludes halogenated alkanes) is 1. The van der Waals surface area contributed by atoms with Gasteiger partial charge in [-0.3, -0.25) is 13.9 Å². The molecule has 1 N–H and O–H groups in total. The molecule has 2 rings (SSSR count). The zero-order valence-corrected chi connectivity index (χ0v) is 22.9. The Balaban J connectivity index is 2.43. The van der Waals surface area contributed by atoms with E-state index >= 15 is 0 Å². The monoisotopic (exact) mass is 541 g/mol. The van der Waals surface area contributed by atoms with E-state index in [0.717, 1.165) is 29.0 Å². The van der Waals surface area contributed by atoms with Crippen LogP contribution in [-0.2, 0) is 26.2 Å². The van der Waals surface area contributed by atoms with E-state index in [1.54, 1.807) is 43.3 Å². The molecule has 0 aliphatic carbocycles. The number of sulfonamides is 1. The lowest BCUT2D eigenvalue weighted by atomic mass is 10.1. The molecule has 0 fully saturated rings. The Hall–Kier alpha value is -2.29. The number of nitrogens with one attached hydrogen (secondary N) is 1. The van der Waals surface area contributed by atoms with Gasteiger partial charge in [-0.05, 0) is 49.1 Å². The molecule has 192 valence electrons. The van der Waals surface area contributed by atoms with Gasteiger partial charge in [-0.25, -0.2) is 8.42 Å². The minimum Gasteiger partial charge on any atom is -0.354 e. The molecule has 0 bridgehead atoms. The summed E-state index contributed by atoms with van der Waals surface area (Å²) in [5, 5.41) is 3.73. The maximum absolute atomic E-state index is 13.6. The van der Waals surface area contributed by atoms with Crippen molar-refractivity contribution < 1.29 is 18.0 Å². The van der Waals surface area contributed by atoms with Crippen molar-refractivity contribution in [3.63, 3.8) is 0 Å². The number of carbonyl (C=O) groups is 2. The first-order chi connectivity index (χ1) is 16.5. The van der Waals surface area contributed by atoms with Crippen LogP contribution in [0.4, 0.5) is 5.69 Å². The van der Waals surface area contributed by atoms with E-state index in [4.69, 9.17) is 23.2 Å². The molecule has 0 aliphatic rings. The second-order valence-electron chi connectivity index (χ2n) is 8.38. The molecule has 1 atom stereocenters. The Labute approximate surface area is 218 Å². The van der Waals surface area contributed by atoms with Gasteiger partial charge in [0.1, 0.15) is 12.6 Å². The number of benzene rings is 2. The van der Waals surface area contributed by atoms with Crippen LogP contribution in [0.5, 0.6) is 0 Å². The molecule has 0 saturated carbocycles. The quantitative estimate of drug-likeness (QED) is 0.391. The molecule has 2 aromatic rings. The molecule has 0 radical (unpaired) electrons. The first-order valence-corrected chi connectivity index (χ1v) is 14.1. The highest BCUT2D eigenvalue weighted by molar-refractivity contribution is 7.92. The van der Waals surface area contributed by atoms with E-state index in [2.05, 4.69) is 5.32 Å². The SMILES string of the molecule is CCCCNC(=O)[C@@H](CC)N(Cc1ccccc1Cl)C(=O)CN(c1ccc(C)c(Cl)c1)S(C)(=O)=O. The number of aryl methyl sites for hydroxylation is 1. The lowest BCUT2D eigenvalue weighted by molar-refractivity contribution is -0.140. The van der Waals surface area contributed by atoms with Crippen LogP contribution in [0.2, 0.25) is 10.0 Å². The summed E-state index contributed by atoms with van der Waals surface area (Å²) < 4.78 is 26.3. The average molecular weight is 543 g/mol. The summed E-state index contributed by atoms with van der Waals surface area (Å²) in [6.45, 7) is 5.71. The fourth-order valence-electron chi connectivity index (χ4n) is 3.59. The normalized spacial score (nSPS) is 12.2. The van der Waals surface area contributed by atoms with Gasteiger partial charge >= 0.3 is 0 Å². The topological polar surface area (TPSA) is 86.8 Å². The van der Waals surface area contributed by atoms with Crippen molar-refractivity contribution in [2.24, 2.45) is 0 Å². The van der Waals surface area contributed by atoms with E-state index in [9.17, 15) is 18.0 Å². The fourth-order valence-corrected chi connectivity index (χ4v) is 4.80. The van der Waals surface area contributed by atoms with Crippen LogP contribution in [0.1, 0.15) is 44.2 Å². The standard InChI is InChI=1S/C25H33Cl2N3O4S/c1-5-7-14-28-25(32)23(6-2)29(16-19-10-8-9-11-21(19)26)24(31)17-30(35(4,33)34)20-13-12-18(3)22(27)15-20/h8-13,15,23H,5-7,14,16-17H2,1-4H3,(H,28,32)/t23-/m1/s1. The fraction of sp³-hybridized carbons (Fsp3) is 0.440. The van der Waals surface area contributed by atoms with E-state index in [1.165, 1.54) is 11.0 Å². The zero-order chi connectivity index (χ0) is 26.2. The Morgan fingerprint density at radius 2 is 1.74 bits per heavy atom. The van der Waals surface area contributed by atoms with E-state index in [1.807, 2.05) is 13.8 Å². The minimum atomic E-state index is -3.83. The number of anilines is 1. The Morgan fingerprint density at radius 1 is 1.06 bits per heavy atom. The second-order valence-corrected chi connectivity index (χ2v) is 11.1. The number of nitrogens with zero attached hydrogens (tertiary/aromatic N) is 2. The summed E-state index contributed by atoms with van der Waals surface area (Å²) >= 11 is 12.6. The molecule has 0 spiro atoms. The third kappa shape index (κ3) is 8.12. The van der Waals surface area contributed by atoms with E-state index in [-0.39, 0.29) is 18.1 Å². The van der Waals surface area contributed by atoms with Gasteiger partial charge in [0.05, 0.1) is 11.9 Å². The maximum atomic E-state index is 13.6. The highest BCUT2D eigenvalue weighted by atomic mass is 35.5. The molecule has 35 heavy (non-hydrogen) atoms. The molecular weight excluding hydrogens is 509 g/mol. The molecule has 0 aromatic heterocycles. The van der Waals surface area contributed by atoms with E-state index < -0.39 is 28.5 Å². The van der Waals surface area contributed by atoms with Crippen LogP contribution in [0.15, 0.2) is 42.5 Å². The predicted octanol–water partition coefficient (Wildman–Crippen LogP) is 4.79. The van der Waals surface area contributed by atoms with Crippen molar-refractivity contribution in [2.75, 3.05) is 23.7 Å². The maximum Gasteiger partial charge on any atom is 0.244 e. The summed E-state index contributed by atoms with van der Waals surface area (Å²) in [6, 6.07) is 11.1. The van der Waals surface area contributed by atoms with Gasteiger partial charge in [-0.2, -0.15) is 0 Å². The van der Waals surface area contributed by atoms with Gasteiger partial charge in [0, 0.05) is 23.1 Å². The number of hydrogen-bond acceptors (Lipinski definition) is 4. The Bertz CT molecular complexity index is 1140. The lowest BCUT2D eigenvalue weighted by Crippen LogP contribution is -2.52. The van der Waals surface area contributed by atoms with Crippen molar-refractivity contribution in [1.82, 2.24) is 10.2 Å². The van der Waals surface area contributed by atoms with Gasteiger partial charge in [0.2, 0.25) is 21.8 Å². The molecule has 2 amide bonds. The van der Waals surface area contributed by atoms with Crippen LogP contribution in [-0.4, -0.2) is 50.5 Å². The van der Waals surface area contributed by atoms with Gasteiger partial charge in [-0.15, -0.1) is 0 Å². The minimum absolute atomic E-state index is 0.0600. The smallest absolute Gasteiger partial charge is 0.244 e. The number of carbonyl (C=O) groups excluding carboxylic acids is 2. The molecule has 0 saturated heterocycles. The average Bonchev–Trinajstić information content (AvgIpc) is 2.79. The van der Waals surface area contributed by atoms with Crippen molar-refractivity contribution in [1.29, 1.82) is 0 Å². The Kier molecular flexibility index (Phi) is 10.9. The number of halogens is 2. The lowest BCUT2D eigenvalue weighted by Gasteiger charge is -2.33. The van der Waals surface area contributed by atoms with Gasteiger partial charge < -0.3 is 10.2 Å². The van der Waals surface area contributed by atoms with Crippen molar-refractivity contribution in [3.05, 3.63) is 63.6 Å². The van der Waals surface area contributed by atoms with Gasteiger partial charge in [0.25, 0.3) is 0 Å². The van der Waals surface area contributed by atoms with E-state index in [0.29, 0.717) is 28.6 Å². The molecule has 2 aromatic carbocycles. The number of rotatable bonds is 12. The summed E-state index contributed by atoms with van der Waals surface area (Å²) in [4.78, 5) is 28.1. The van der Waals surface area contributed by atoms with Crippen LogP contribution in [0, 0.1) is 6.92 Å². The summed E-state index contributed by atoms with van der Waals surface area (Å²) in [5.74, 6) is -0.810. The third-order valence-corrected chi connectivity index (χ3v) is 7.55. The molecule has 7 nitrogen and oxygen atoms in total. The molecule has 10 heteroatoms. The first-order valence-electron chi connectivity index (χ1n) is 11.5. The molecular formula is C25H33Cl2N3O4S. The molecule has 0 aliphatic heterocycles. The third-order valence-electron chi connectivity index (χ3n) is 5.64. The van der Waals surface area contributed by atoms with Crippen LogP contribution >= 0.6 is 23.2 Å². The van der Waals surface area contributed by atoms with Crippen LogP contribution in [0.3, 0.4) is 0 Å². The molecule has 0 heterocycles. The van der Waals surface area contributed by atoms with Crippen molar-refractivity contribution >= 4 is 50.7 Å². The predicted molar refractivity (Wildman–Crippen MR) is 142 cm³/mol. The zero-order valence-electron chi connectivity index (χ0n) is 20.6.